The summed E-state index contributed by atoms with van der Waals surface area (Å²) < 4.78 is 6.01. The van der Waals surface area contributed by atoms with Crippen LogP contribution < -0.4 is 25.2 Å². The summed E-state index contributed by atoms with van der Waals surface area (Å²) in [6, 6.07) is 6.90. The van der Waals surface area contributed by atoms with Crippen molar-refractivity contribution in [2.75, 3.05) is 42.6 Å². The van der Waals surface area contributed by atoms with E-state index in [1.54, 1.807) is 0 Å². The lowest BCUT2D eigenvalue weighted by Crippen LogP contribution is -2.49. The molecular formula is C21H27N5O2S. The van der Waals surface area contributed by atoms with E-state index in [4.69, 9.17) is 9.72 Å². The monoisotopic (exact) mass is 413 g/mol. The number of nitrogens with one attached hydrogen (secondary N) is 2. The SMILES string of the molecule is CC1CNCCN1c1ccc2c(c1)OCCN2c1nc2c(s1)C(=O)NC(C)(C)C2. The maximum atomic E-state index is 12.5. The van der Waals surface area contributed by atoms with Crippen LogP contribution in [0, 0.1) is 0 Å². The minimum Gasteiger partial charge on any atom is -0.489 e. The van der Waals surface area contributed by atoms with Crippen molar-refractivity contribution >= 4 is 33.8 Å². The van der Waals surface area contributed by atoms with Crippen LogP contribution in [0.25, 0.3) is 0 Å². The van der Waals surface area contributed by atoms with E-state index in [0.717, 1.165) is 59.7 Å². The maximum absolute atomic E-state index is 12.5. The number of aromatic nitrogens is 1. The number of ether oxygens (including phenoxy) is 1. The number of carbonyl (C=O) groups is 1. The zero-order chi connectivity index (χ0) is 20.2. The Morgan fingerprint density at radius 3 is 3.00 bits per heavy atom. The average molecular weight is 414 g/mol. The van der Waals surface area contributed by atoms with Crippen molar-refractivity contribution in [1.82, 2.24) is 15.6 Å². The quantitative estimate of drug-likeness (QED) is 0.789. The van der Waals surface area contributed by atoms with Crippen molar-refractivity contribution < 1.29 is 9.53 Å². The van der Waals surface area contributed by atoms with Gasteiger partial charge in [-0.1, -0.05) is 11.3 Å². The Balaban J connectivity index is 1.47. The first-order valence-corrected chi connectivity index (χ1v) is 11.1. The van der Waals surface area contributed by atoms with E-state index in [2.05, 4.69) is 45.6 Å². The highest BCUT2D eigenvalue weighted by atomic mass is 32.1. The normalized spacial score (nSPS) is 23.1. The molecule has 0 radical (unpaired) electrons. The first kappa shape index (κ1) is 18.7. The fourth-order valence-electron chi connectivity index (χ4n) is 4.39. The van der Waals surface area contributed by atoms with Crippen molar-refractivity contribution in [3.05, 3.63) is 28.8 Å². The molecule has 1 unspecified atom stereocenters. The van der Waals surface area contributed by atoms with Crippen molar-refractivity contribution in [2.45, 2.75) is 38.8 Å². The van der Waals surface area contributed by atoms with E-state index in [1.165, 1.54) is 17.0 Å². The van der Waals surface area contributed by atoms with E-state index in [1.807, 2.05) is 13.8 Å². The summed E-state index contributed by atoms with van der Waals surface area (Å²) in [6.45, 7) is 10.6. The molecule has 1 aromatic carbocycles. The van der Waals surface area contributed by atoms with Crippen LogP contribution >= 0.6 is 11.3 Å². The van der Waals surface area contributed by atoms with E-state index in [9.17, 15) is 4.79 Å². The largest absolute Gasteiger partial charge is 0.489 e. The summed E-state index contributed by atoms with van der Waals surface area (Å²) in [7, 11) is 0. The van der Waals surface area contributed by atoms with Crippen LogP contribution in [0.1, 0.15) is 36.1 Å². The van der Waals surface area contributed by atoms with Crippen LogP contribution in [0.4, 0.5) is 16.5 Å². The number of anilines is 3. The Morgan fingerprint density at radius 2 is 2.17 bits per heavy atom. The fraction of sp³-hybridized carbons (Fsp3) is 0.524. The lowest BCUT2D eigenvalue weighted by molar-refractivity contribution is 0.0901. The first-order chi connectivity index (χ1) is 13.9. The lowest BCUT2D eigenvalue weighted by atomic mass is 9.94. The third kappa shape index (κ3) is 3.34. The van der Waals surface area contributed by atoms with E-state index < -0.39 is 0 Å². The second-order valence-corrected chi connectivity index (χ2v) is 9.66. The molecule has 3 aliphatic heterocycles. The number of hydrogen-bond donors (Lipinski definition) is 2. The average Bonchev–Trinajstić information content (AvgIpc) is 3.10. The van der Waals surface area contributed by atoms with Crippen LogP contribution in [0.2, 0.25) is 0 Å². The number of piperazine rings is 1. The van der Waals surface area contributed by atoms with Crippen molar-refractivity contribution in [3.8, 4) is 5.75 Å². The topological polar surface area (TPSA) is 69.7 Å². The Morgan fingerprint density at radius 1 is 1.31 bits per heavy atom. The molecule has 8 heteroatoms. The van der Waals surface area contributed by atoms with Gasteiger partial charge in [-0.25, -0.2) is 4.98 Å². The molecule has 2 N–H and O–H groups in total. The summed E-state index contributed by atoms with van der Waals surface area (Å²) in [4.78, 5) is 22.7. The molecule has 29 heavy (non-hydrogen) atoms. The minimum absolute atomic E-state index is 0.0171. The summed E-state index contributed by atoms with van der Waals surface area (Å²) in [5, 5.41) is 7.38. The molecule has 1 saturated heterocycles. The predicted octanol–water partition coefficient (Wildman–Crippen LogP) is 2.54. The van der Waals surface area contributed by atoms with Gasteiger partial charge >= 0.3 is 0 Å². The molecule has 0 aliphatic carbocycles. The number of amides is 1. The summed E-state index contributed by atoms with van der Waals surface area (Å²) in [6.07, 6.45) is 0.752. The zero-order valence-electron chi connectivity index (χ0n) is 17.1. The van der Waals surface area contributed by atoms with Crippen molar-refractivity contribution in [1.29, 1.82) is 0 Å². The molecule has 2 aromatic rings. The van der Waals surface area contributed by atoms with Gasteiger partial charge in [-0.15, -0.1) is 0 Å². The molecule has 1 amide bonds. The van der Waals surface area contributed by atoms with E-state index >= 15 is 0 Å². The van der Waals surface area contributed by atoms with Gasteiger partial charge in [-0.05, 0) is 32.9 Å². The van der Waals surface area contributed by atoms with Gasteiger partial charge in [-0.3, -0.25) is 4.79 Å². The zero-order valence-corrected chi connectivity index (χ0v) is 17.9. The second kappa shape index (κ2) is 6.88. The summed E-state index contributed by atoms with van der Waals surface area (Å²) in [5.74, 6) is 0.869. The Hall–Kier alpha value is -2.32. The van der Waals surface area contributed by atoms with E-state index in [-0.39, 0.29) is 11.4 Å². The van der Waals surface area contributed by atoms with Gasteiger partial charge in [0.05, 0.1) is 17.9 Å². The molecule has 1 atom stereocenters. The van der Waals surface area contributed by atoms with E-state index in [0.29, 0.717) is 12.6 Å². The highest BCUT2D eigenvalue weighted by molar-refractivity contribution is 7.17. The maximum Gasteiger partial charge on any atom is 0.263 e. The third-order valence-electron chi connectivity index (χ3n) is 5.82. The molecule has 0 spiro atoms. The molecule has 1 fully saturated rings. The number of nitrogens with zero attached hydrogens (tertiary/aromatic N) is 3. The second-order valence-electron chi connectivity index (χ2n) is 8.69. The van der Waals surface area contributed by atoms with Gasteiger partial charge in [0, 0.05) is 49.4 Å². The third-order valence-corrected chi connectivity index (χ3v) is 6.94. The molecule has 0 saturated carbocycles. The molecule has 4 heterocycles. The van der Waals surface area contributed by atoms with Gasteiger partial charge < -0.3 is 25.2 Å². The summed E-state index contributed by atoms with van der Waals surface area (Å²) in [5.41, 5.74) is 2.86. The van der Waals surface area contributed by atoms with Crippen LogP contribution in [0.3, 0.4) is 0 Å². The number of fused-ring (bicyclic) bond motifs is 2. The van der Waals surface area contributed by atoms with Crippen molar-refractivity contribution in [3.63, 3.8) is 0 Å². The molecule has 1 aromatic heterocycles. The van der Waals surface area contributed by atoms with Gasteiger partial charge in [0.1, 0.15) is 17.2 Å². The number of rotatable bonds is 2. The molecular weight excluding hydrogens is 386 g/mol. The van der Waals surface area contributed by atoms with Crippen LogP contribution in [-0.4, -0.2) is 55.3 Å². The first-order valence-electron chi connectivity index (χ1n) is 10.3. The number of carbonyl (C=O) groups excluding carboxylic acids is 1. The molecule has 3 aliphatic rings. The highest BCUT2D eigenvalue weighted by Gasteiger charge is 2.35. The van der Waals surface area contributed by atoms with Crippen LogP contribution in [0.15, 0.2) is 18.2 Å². The summed E-state index contributed by atoms with van der Waals surface area (Å²) >= 11 is 1.48. The Bertz CT molecular complexity index is 957. The molecule has 5 rings (SSSR count). The molecule has 7 nitrogen and oxygen atoms in total. The van der Waals surface area contributed by atoms with Gasteiger partial charge in [0.2, 0.25) is 0 Å². The van der Waals surface area contributed by atoms with Crippen LogP contribution in [0.5, 0.6) is 5.75 Å². The number of thiazole rings is 1. The highest BCUT2D eigenvalue weighted by Crippen LogP contribution is 2.42. The van der Waals surface area contributed by atoms with Gasteiger partial charge in [0.15, 0.2) is 5.13 Å². The fourth-order valence-corrected chi connectivity index (χ4v) is 5.41. The van der Waals surface area contributed by atoms with Gasteiger partial charge in [0.25, 0.3) is 5.91 Å². The smallest absolute Gasteiger partial charge is 0.263 e. The van der Waals surface area contributed by atoms with Crippen LogP contribution in [-0.2, 0) is 6.42 Å². The lowest BCUT2D eigenvalue weighted by Gasteiger charge is -2.37. The Kier molecular flexibility index (Phi) is 4.43. The molecule has 154 valence electrons. The minimum atomic E-state index is -0.257. The standard InChI is InChI=1S/C21H27N5O2S/c1-13-12-22-6-7-25(13)14-4-5-16-17(10-14)28-9-8-26(16)20-23-15-11-21(2,3)24-19(27)18(15)29-20/h4-5,10,13,22H,6-9,11-12H2,1-3H3,(H,24,27). The number of benzene rings is 1. The molecule has 0 bridgehead atoms. The predicted molar refractivity (Wildman–Crippen MR) is 116 cm³/mol. The Labute approximate surface area is 175 Å². The number of hydrogen-bond acceptors (Lipinski definition) is 7. The van der Waals surface area contributed by atoms with Gasteiger partial charge in [-0.2, -0.15) is 0 Å². The van der Waals surface area contributed by atoms with Crippen molar-refractivity contribution in [2.24, 2.45) is 0 Å².